The number of aryl methyl sites for hydroxylation is 1. The lowest BCUT2D eigenvalue weighted by Crippen LogP contribution is -2.24. The molecule has 0 saturated carbocycles. The molecule has 2 heterocycles. The molecule has 5 nitrogen and oxygen atoms in total. The summed E-state index contributed by atoms with van der Waals surface area (Å²) in [5.41, 5.74) is 4.01. The summed E-state index contributed by atoms with van der Waals surface area (Å²) < 4.78 is 5.49. The molecule has 0 aliphatic carbocycles. The smallest absolute Gasteiger partial charge is 0.257 e. The molecule has 29 heavy (non-hydrogen) atoms. The van der Waals surface area contributed by atoms with Crippen LogP contribution in [0, 0.1) is 6.92 Å². The monoisotopic (exact) mass is 409 g/mol. The number of hydrogen-bond donors (Lipinski definition) is 0. The number of carbonyl (C=O) groups excluding carboxylic acids is 1. The molecular formula is C23H24ClN3O2. The van der Waals surface area contributed by atoms with E-state index in [2.05, 4.69) is 43.0 Å². The van der Waals surface area contributed by atoms with Crippen molar-refractivity contribution < 1.29 is 9.32 Å². The highest BCUT2D eigenvalue weighted by Crippen LogP contribution is 2.33. The Morgan fingerprint density at radius 1 is 1.14 bits per heavy atom. The van der Waals surface area contributed by atoms with Gasteiger partial charge in [0.2, 0.25) is 5.91 Å². The largest absolute Gasteiger partial charge is 0.334 e. The normalized spacial score (nSPS) is 17.2. The fourth-order valence-electron chi connectivity index (χ4n) is 3.56. The van der Waals surface area contributed by atoms with E-state index >= 15 is 0 Å². The zero-order valence-electron chi connectivity index (χ0n) is 17.1. The number of hydrogen-bond acceptors (Lipinski definition) is 4. The van der Waals surface area contributed by atoms with Crippen LogP contribution in [-0.4, -0.2) is 22.6 Å². The van der Waals surface area contributed by atoms with Gasteiger partial charge < -0.3 is 9.42 Å². The summed E-state index contributed by atoms with van der Waals surface area (Å²) in [4.78, 5) is 18.9. The van der Waals surface area contributed by atoms with Crippen LogP contribution in [0.5, 0.6) is 0 Å². The van der Waals surface area contributed by atoms with Crippen LogP contribution >= 0.6 is 11.6 Å². The Morgan fingerprint density at radius 2 is 1.86 bits per heavy atom. The van der Waals surface area contributed by atoms with E-state index in [0.29, 0.717) is 29.7 Å². The molecule has 1 fully saturated rings. The van der Waals surface area contributed by atoms with Crippen molar-refractivity contribution in [3.05, 3.63) is 64.4 Å². The van der Waals surface area contributed by atoms with E-state index in [1.807, 2.05) is 37.3 Å². The van der Waals surface area contributed by atoms with Crippen molar-refractivity contribution in [2.75, 3.05) is 11.4 Å². The number of nitrogens with zero attached hydrogens (tertiary/aromatic N) is 3. The van der Waals surface area contributed by atoms with Gasteiger partial charge in [-0.15, -0.1) is 0 Å². The summed E-state index contributed by atoms with van der Waals surface area (Å²) in [6, 6.07) is 13.8. The summed E-state index contributed by atoms with van der Waals surface area (Å²) >= 11 is 6.11. The lowest BCUT2D eigenvalue weighted by atomic mass is 9.87. The number of amides is 1. The van der Waals surface area contributed by atoms with Crippen molar-refractivity contribution in [3.63, 3.8) is 0 Å². The molecular weight excluding hydrogens is 386 g/mol. The topological polar surface area (TPSA) is 59.2 Å². The summed E-state index contributed by atoms with van der Waals surface area (Å²) in [6.45, 7) is 9.00. The van der Waals surface area contributed by atoms with Gasteiger partial charge >= 0.3 is 0 Å². The van der Waals surface area contributed by atoms with Crippen molar-refractivity contribution in [1.82, 2.24) is 10.1 Å². The van der Waals surface area contributed by atoms with Gasteiger partial charge in [0.05, 0.1) is 0 Å². The molecule has 6 heteroatoms. The van der Waals surface area contributed by atoms with E-state index in [9.17, 15) is 4.79 Å². The minimum atomic E-state index is -0.0927. The van der Waals surface area contributed by atoms with Crippen molar-refractivity contribution in [3.8, 4) is 11.5 Å². The van der Waals surface area contributed by atoms with Gasteiger partial charge in [-0.05, 0) is 53.8 Å². The Kier molecular flexibility index (Phi) is 4.95. The molecule has 0 bridgehead atoms. The number of benzene rings is 2. The van der Waals surface area contributed by atoms with Crippen LogP contribution in [0.1, 0.15) is 50.1 Å². The predicted octanol–water partition coefficient (Wildman–Crippen LogP) is 5.52. The molecule has 1 aliphatic heterocycles. The maximum absolute atomic E-state index is 12.6. The molecule has 0 N–H and O–H groups in total. The van der Waals surface area contributed by atoms with Crippen molar-refractivity contribution in [1.29, 1.82) is 0 Å². The van der Waals surface area contributed by atoms with Crippen molar-refractivity contribution in [2.24, 2.45) is 0 Å². The van der Waals surface area contributed by atoms with Crippen molar-refractivity contribution >= 4 is 23.2 Å². The Balaban J connectivity index is 1.52. The third kappa shape index (κ3) is 3.92. The quantitative estimate of drug-likeness (QED) is 0.571. The lowest BCUT2D eigenvalue weighted by molar-refractivity contribution is -0.117. The van der Waals surface area contributed by atoms with Gasteiger partial charge in [-0.2, -0.15) is 4.98 Å². The molecule has 4 rings (SSSR count). The summed E-state index contributed by atoms with van der Waals surface area (Å²) in [6.07, 6.45) is 0.365. The fraction of sp³-hybridized carbons (Fsp3) is 0.348. The molecule has 1 saturated heterocycles. The summed E-state index contributed by atoms with van der Waals surface area (Å²) in [7, 11) is 0. The molecule has 0 radical (unpaired) electrons. The zero-order valence-corrected chi connectivity index (χ0v) is 17.8. The van der Waals surface area contributed by atoms with Crippen LogP contribution in [0.3, 0.4) is 0 Å². The standard InChI is InChI=1S/C23H24ClN3O2/c1-14-11-18(9-10-19(14)24)27-13-16(12-20(27)28)21-25-22(29-26-21)15-5-7-17(8-6-15)23(2,3)4/h5-11,16H,12-13H2,1-4H3. The number of aromatic nitrogens is 2. The maximum atomic E-state index is 12.6. The van der Waals surface area contributed by atoms with Gasteiger partial charge in [-0.1, -0.05) is 49.7 Å². The Hall–Kier alpha value is -2.66. The van der Waals surface area contributed by atoms with E-state index in [-0.39, 0.29) is 17.2 Å². The third-order valence-corrected chi connectivity index (χ3v) is 5.81. The molecule has 150 valence electrons. The highest BCUT2D eigenvalue weighted by atomic mass is 35.5. The van der Waals surface area contributed by atoms with Crippen LogP contribution in [0.4, 0.5) is 5.69 Å². The van der Waals surface area contributed by atoms with Gasteiger partial charge in [0.15, 0.2) is 5.82 Å². The molecule has 1 aliphatic rings. The van der Waals surface area contributed by atoms with E-state index in [4.69, 9.17) is 16.1 Å². The molecule has 1 amide bonds. The predicted molar refractivity (Wildman–Crippen MR) is 114 cm³/mol. The Labute approximate surface area is 175 Å². The first-order valence-electron chi connectivity index (χ1n) is 9.73. The van der Waals surface area contributed by atoms with E-state index in [0.717, 1.165) is 16.8 Å². The summed E-state index contributed by atoms with van der Waals surface area (Å²) in [5, 5.41) is 4.85. The van der Waals surface area contributed by atoms with Gasteiger partial charge in [-0.3, -0.25) is 4.79 Å². The van der Waals surface area contributed by atoms with Gasteiger partial charge in [0, 0.05) is 35.2 Å². The molecule has 3 aromatic rings. The Bertz CT molecular complexity index is 1050. The minimum absolute atomic E-state index is 0.0533. The van der Waals surface area contributed by atoms with Crippen LogP contribution in [0.2, 0.25) is 5.02 Å². The second-order valence-corrected chi connectivity index (χ2v) is 9.03. The first-order chi connectivity index (χ1) is 13.7. The second kappa shape index (κ2) is 7.30. The minimum Gasteiger partial charge on any atom is -0.334 e. The van der Waals surface area contributed by atoms with Gasteiger partial charge in [0.25, 0.3) is 5.89 Å². The molecule has 2 aromatic carbocycles. The maximum Gasteiger partial charge on any atom is 0.257 e. The highest BCUT2D eigenvalue weighted by Gasteiger charge is 2.34. The fourth-order valence-corrected chi connectivity index (χ4v) is 3.68. The molecule has 1 atom stereocenters. The summed E-state index contributed by atoms with van der Waals surface area (Å²) in [5.74, 6) is 1.01. The molecule has 0 spiro atoms. The number of rotatable bonds is 3. The zero-order chi connectivity index (χ0) is 20.8. The van der Waals surface area contributed by atoms with Crippen LogP contribution < -0.4 is 4.90 Å². The van der Waals surface area contributed by atoms with E-state index in [1.165, 1.54) is 5.56 Å². The average molecular weight is 410 g/mol. The van der Waals surface area contributed by atoms with Crippen LogP contribution in [-0.2, 0) is 10.2 Å². The SMILES string of the molecule is Cc1cc(N2CC(c3noc(-c4ccc(C(C)(C)C)cc4)n3)CC2=O)ccc1Cl. The number of carbonyl (C=O) groups is 1. The Morgan fingerprint density at radius 3 is 2.52 bits per heavy atom. The van der Waals surface area contributed by atoms with Crippen LogP contribution in [0.15, 0.2) is 47.0 Å². The second-order valence-electron chi connectivity index (χ2n) is 8.62. The van der Waals surface area contributed by atoms with Crippen molar-refractivity contribution in [2.45, 2.75) is 45.4 Å². The first-order valence-corrected chi connectivity index (χ1v) is 10.1. The number of anilines is 1. The van der Waals surface area contributed by atoms with E-state index < -0.39 is 0 Å². The van der Waals surface area contributed by atoms with Gasteiger partial charge in [0.1, 0.15) is 0 Å². The first kappa shape index (κ1) is 19.6. The number of halogens is 1. The van der Waals surface area contributed by atoms with E-state index in [1.54, 1.807) is 4.90 Å². The average Bonchev–Trinajstić information content (AvgIpc) is 3.30. The van der Waals surface area contributed by atoms with Gasteiger partial charge in [-0.25, -0.2) is 0 Å². The lowest BCUT2D eigenvalue weighted by Gasteiger charge is -2.18. The molecule has 1 unspecified atom stereocenters. The molecule has 1 aromatic heterocycles. The highest BCUT2D eigenvalue weighted by molar-refractivity contribution is 6.31. The third-order valence-electron chi connectivity index (χ3n) is 5.38. The van der Waals surface area contributed by atoms with Crippen LogP contribution in [0.25, 0.3) is 11.5 Å².